The van der Waals surface area contributed by atoms with Gasteiger partial charge in [-0.3, -0.25) is 9.59 Å². The molecule has 170 valence electrons. The maximum absolute atomic E-state index is 13.1. The molecule has 0 saturated carbocycles. The van der Waals surface area contributed by atoms with E-state index in [9.17, 15) is 14.4 Å². The largest absolute Gasteiger partial charge is 0.462 e. The highest BCUT2D eigenvalue weighted by Crippen LogP contribution is 2.39. The second-order valence-corrected chi connectivity index (χ2v) is 8.94. The SMILES string of the molecule is CCOC(=O)c1c(NC(=O)C[C@H](NC(=O)c2ccccc2)c2ccccc2)sc2c1CCC2. The number of nitrogens with one attached hydrogen (secondary N) is 2. The van der Waals surface area contributed by atoms with Crippen LogP contribution in [0.1, 0.15) is 62.5 Å². The molecule has 0 fully saturated rings. The van der Waals surface area contributed by atoms with E-state index in [4.69, 9.17) is 4.74 Å². The molecule has 2 amide bonds. The molecule has 33 heavy (non-hydrogen) atoms. The van der Waals surface area contributed by atoms with Crippen molar-refractivity contribution in [2.75, 3.05) is 11.9 Å². The van der Waals surface area contributed by atoms with Gasteiger partial charge in [-0.2, -0.15) is 0 Å². The standard InChI is InChI=1S/C26H26N2O4S/c1-2-32-26(31)23-19-14-9-15-21(19)33-25(23)28-22(29)16-20(17-10-5-3-6-11-17)27-24(30)18-12-7-4-8-13-18/h3-8,10-13,20H,2,9,14-16H2,1H3,(H,27,30)(H,28,29)/t20-/m0/s1. The zero-order valence-electron chi connectivity index (χ0n) is 18.4. The summed E-state index contributed by atoms with van der Waals surface area (Å²) in [6.45, 7) is 2.04. The lowest BCUT2D eigenvalue weighted by Crippen LogP contribution is -2.31. The van der Waals surface area contributed by atoms with Crippen molar-refractivity contribution in [3.8, 4) is 0 Å². The highest BCUT2D eigenvalue weighted by atomic mass is 32.1. The van der Waals surface area contributed by atoms with E-state index in [1.54, 1.807) is 31.2 Å². The lowest BCUT2D eigenvalue weighted by atomic mass is 10.0. The van der Waals surface area contributed by atoms with Crippen LogP contribution in [-0.2, 0) is 22.4 Å². The number of carbonyl (C=O) groups is 3. The zero-order valence-corrected chi connectivity index (χ0v) is 19.2. The van der Waals surface area contributed by atoms with Gasteiger partial charge in [-0.25, -0.2) is 4.79 Å². The van der Waals surface area contributed by atoms with Crippen LogP contribution in [-0.4, -0.2) is 24.4 Å². The van der Waals surface area contributed by atoms with Crippen LogP contribution in [0.25, 0.3) is 0 Å². The van der Waals surface area contributed by atoms with Crippen LogP contribution < -0.4 is 10.6 Å². The summed E-state index contributed by atoms with van der Waals surface area (Å²) in [5.41, 5.74) is 2.83. The normalized spacial score (nSPS) is 13.1. The maximum atomic E-state index is 13.1. The molecule has 0 radical (unpaired) electrons. The van der Waals surface area contributed by atoms with Crippen LogP contribution in [0, 0.1) is 0 Å². The van der Waals surface area contributed by atoms with E-state index < -0.39 is 12.0 Å². The van der Waals surface area contributed by atoms with Crippen molar-refractivity contribution in [1.29, 1.82) is 0 Å². The van der Waals surface area contributed by atoms with Crippen LogP contribution in [0.5, 0.6) is 0 Å². The third kappa shape index (κ3) is 5.31. The van der Waals surface area contributed by atoms with E-state index in [2.05, 4.69) is 10.6 Å². The number of aryl methyl sites for hydroxylation is 1. The van der Waals surface area contributed by atoms with Crippen molar-refractivity contribution < 1.29 is 19.1 Å². The van der Waals surface area contributed by atoms with Gasteiger partial charge in [-0.05, 0) is 49.4 Å². The average Bonchev–Trinajstić information content (AvgIpc) is 3.40. The number of thiophene rings is 1. The molecule has 0 unspecified atom stereocenters. The van der Waals surface area contributed by atoms with Crippen LogP contribution >= 0.6 is 11.3 Å². The van der Waals surface area contributed by atoms with Crippen molar-refractivity contribution in [3.63, 3.8) is 0 Å². The third-order valence-electron chi connectivity index (χ3n) is 5.59. The molecule has 1 heterocycles. The molecule has 0 saturated heterocycles. The Morgan fingerprint density at radius 2 is 1.70 bits per heavy atom. The monoisotopic (exact) mass is 462 g/mol. The quantitative estimate of drug-likeness (QED) is 0.466. The molecule has 0 spiro atoms. The summed E-state index contributed by atoms with van der Waals surface area (Å²) in [5, 5.41) is 6.43. The van der Waals surface area contributed by atoms with Crippen molar-refractivity contribution >= 4 is 34.1 Å². The molecular formula is C26H26N2O4S. The summed E-state index contributed by atoms with van der Waals surface area (Å²) in [6.07, 6.45) is 2.76. The van der Waals surface area contributed by atoms with E-state index in [1.165, 1.54) is 11.3 Å². The third-order valence-corrected chi connectivity index (χ3v) is 6.79. The first-order valence-corrected chi connectivity index (χ1v) is 11.9. The second-order valence-electron chi connectivity index (χ2n) is 7.84. The topological polar surface area (TPSA) is 84.5 Å². The number of rotatable bonds is 8. The fourth-order valence-electron chi connectivity index (χ4n) is 4.04. The Morgan fingerprint density at radius 3 is 2.39 bits per heavy atom. The molecule has 1 atom stereocenters. The van der Waals surface area contributed by atoms with E-state index >= 15 is 0 Å². The van der Waals surface area contributed by atoms with Crippen molar-refractivity contribution in [2.45, 2.75) is 38.6 Å². The lowest BCUT2D eigenvalue weighted by molar-refractivity contribution is -0.116. The molecule has 3 aromatic rings. The molecule has 2 aromatic carbocycles. The summed E-state index contributed by atoms with van der Waals surface area (Å²) in [5.74, 6) is -0.925. The maximum Gasteiger partial charge on any atom is 0.341 e. The van der Waals surface area contributed by atoms with E-state index in [1.807, 2.05) is 36.4 Å². The Hall–Kier alpha value is -3.45. The van der Waals surface area contributed by atoms with Crippen LogP contribution in [0.3, 0.4) is 0 Å². The fourth-order valence-corrected chi connectivity index (χ4v) is 5.34. The number of benzene rings is 2. The summed E-state index contributed by atoms with van der Waals surface area (Å²) >= 11 is 1.44. The minimum Gasteiger partial charge on any atom is -0.462 e. The molecular weight excluding hydrogens is 436 g/mol. The lowest BCUT2D eigenvalue weighted by Gasteiger charge is -2.19. The van der Waals surface area contributed by atoms with Gasteiger partial charge in [0.05, 0.1) is 24.6 Å². The molecule has 1 aromatic heterocycles. The number of hydrogen-bond donors (Lipinski definition) is 2. The Labute approximate surface area is 197 Å². The van der Waals surface area contributed by atoms with Gasteiger partial charge in [0.1, 0.15) is 5.00 Å². The first-order valence-electron chi connectivity index (χ1n) is 11.1. The van der Waals surface area contributed by atoms with Gasteiger partial charge >= 0.3 is 5.97 Å². The Balaban J connectivity index is 1.53. The number of ether oxygens (including phenoxy) is 1. The van der Waals surface area contributed by atoms with E-state index in [-0.39, 0.29) is 24.8 Å². The molecule has 1 aliphatic rings. The van der Waals surface area contributed by atoms with Crippen LogP contribution in [0.2, 0.25) is 0 Å². The second kappa shape index (κ2) is 10.4. The Bertz CT molecular complexity index is 1140. The molecule has 4 rings (SSSR count). The Morgan fingerprint density at radius 1 is 1.00 bits per heavy atom. The van der Waals surface area contributed by atoms with Gasteiger partial charge in [0.2, 0.25) is 5.91 Å². The average molecular weight is 463 g/mol. The van der Waals surface area contributed by atoms with E-state index in [0.29, 0.717) is 16.1 Å². The predicted octanol–water partition coefficient (Wildman–Crippen LogP) is 4.91. The van der Waals surface area contributed by atoms with Gasteiger partial charge in [0, 0.05) is 10.4 Å². The molecule has 2 N–H and O–H groups in total. The minimum atomic E-state index is -0.517. The molecule has 1 aliphatic carbocycles. The first kappa shape index (κ1) is 22.7. The molecule has 0 bridgehead atoms. The number of carbonyl (C=O) groups excluding carboxylic acids is 3. The van der Waals surface area contributed by atoms with Gasteiger partial charge in [-0.15, -0.1) is 11.3 Å². The number of fused-ring (bicyclic) bond motifs is 1. The number of amides is 2. The number of hydrogen-bond acceptors (Lipinski definition) is 5. The van der Waals surface area contributed by atoms with Gasteiger partial charge in [0.15, 0.2) is 0 Å². The number of anilines is 1. The number of esters is 1. The van der Waals surface area contributed by atoms with Gasteiger partial charge in [-0.1, -0.05) is 48.5 Å². The minimum absolute atomic E-state index is 0.0351. The summed E-state index contributed by atoms with van der Waals surface area (Å²) in [4.78, 5) is 39.6. The predicted molar refractivity (Wildman–Crippen MR) is 129 cm³/mol. The van der Waals surface area contributed by atoms with Crippen LogP contribution in [0.4, 0.5) is 5.00 Å². The zero-order chi connectivity index (χ0) is 23.2. The molecule has 7 heteroatoms. The summed E-state index contributed by atoms with van der Waals surface area (Å²) in [7, 11) is 0. The molecule has 6 nitrogen and oxygen atoms in total. The van der Waals surface area contributed by atoms with Crippen molar-refractivity contribution in [2.24, 2.45) is 0 Å². The Kier molecular flexibility index (Phi) is 7.19. The van der Waals surface area contributed by atoms with Crippen molar-refractivity contribution in [1.82, 2.24) is 5.32 Å². The van der Waals surface area contributed by atoms with Crippen LogP contribution in [0.15, 0.2) is 60.7 Å². The highest BCUT2D eigenvalue weighted by molar-refractivity contribution is 7.17. The first-order chi connectivity index (χ1) is 16.1. The fraction of sp³-hybridized carbons (Fsp3) is 0.269. The molecule has 0 aliphatic heterocycles. The summed E-state index contributed by atoms with van der Waals surface area (Å²) < 4.78 is 5.25. The van der Waals surface area contributed by atoms with Crippen molar-refractivity contribution in [3.05, 3.63) is 87.8 Å². The van der Waals surface area contributed by atoms with Gasteiger partial charge < -0.3 is 15.4 Å². The van der Waals surface area contributed by atoms with Gasteiger partial charge in [0.25, 0.3) is 5.91 Å². The van der Waals surface area contributed by atoms with E-state index in [0.717, 1.165) is 35.3 Å². The summed E-state index contributed by atoms with van der Waals surface area (Å²) in [6, 6.07) is 17.8. The smallest absolute Gasteiger partial charge is 0.341 e. The highest BCUT2D eigenvalue weighted by Gasteiger charge is 2.29.